The third kappa shape index (κ3) is 5.34. The van der Waals surface area contributed by atoms with Crippen LogP contribution in [0.25, 0.3) is 10.3 Å². The lowest BCUT2D eigenvalue weighted by Crippen LogP contribution is -2.21. The average molecular weight is 443 g/mol. The number of alkyl halides is 3. The first-order chi connectivity index (χ1) is 13.8. The molecule has 12 heteroatoms. The molecule has 0 fully saturated rings. The molecule has 2 aromatic heterocycles. The van der Waals surface area contributed by atoms with Crippen molar-refractivity contribution in [2.75, 3.05) is 11.6 Å². The van der Waals surface area contributed by atoms with E-state index in [9.17, 15) is 13.2 Å². The summed E-state index contributed by atoms with van der Waals surface area (Å²) in [5.41, 5.74) is 4.84. The first-order valence-corrected chi connectivity index (χ1v) is 10.3. The van der Waals surface area contributed by atoms with Crippen molar-refractivity contribution >= 4 is 45.2 Å². The zero-order valence-electron chi connectivity index (χ0n) is 15.1. The number of hydrogen-bond acceptors (Lipinski definition) is 8. The van der Waals surface area contributed by atoms with Crippen molar-refractivity contribution in [1.29, 1.82) is 0 Å². The number of halogens is 3. The van der Waals surface area contributed by atoms with Crippen molar-refractivity contribution in [2.24, 2.45) is 0 Å². The van der Waals surface area contributed by atoms with E-state index in [0.29, 0.717) is 0 Å². The molecule has 1 aliphatic rings. The molecule has 4 rings (SSSR count). The first kappa shape index (κ1) is 21.3. The maximum absolute atomic E-state index is 10.6. The van der Waals surface area contributed by atoms with E-state index in [1.165, 1.54) is 16.7 Å². The standard InChI is InChI=1S/C15H15N5S2.C2HF3O2/c1-21-15-20-14-12(22-15)13(18-8-19-14)17-5-9-2-3-10-6-16-7-11(10)4-9;3-2(4,5)1(6)7/h2-4,8,16H,5-7H2,1H3,(H,17,18,19);(H,6,7). The van der Waals surface area contributed by atoms with E-state index in [4.69, 9.17) is 9.90 Å². The Labute approximate surface area is 171 Å². The third-order valence-corrected chi connectivity index (χ3v) is 5.99. The van der Waals surface area contributed by atoms with Crippen LogP contribution in [0, 0.1) is 0 Å². The summed E-state index contributed by atoms with van der Waals surface area (Å²) < 4.78 is 33.8. The Morgan fingerprint density at radius 1 is 1.31 bits per heavy atom. The Balaban J connectivity index is 0.000000298. The van der Waals surface area contributed by atoms with Crippen molar-refractivity contribution in [3.8, 4) is 0 Å². The smallest absolute Gasteiger partial charge is 0.475 e. The van der Waals surface area contributed by atoms with Gasteiger partial charge in [0.1, 0.15) is 16.8 Å². The maximum atomic E-state index is 10.6. The van der Waals surface area contributed by atoms with Crippen LogP contribution < -0.4 is 10.6 Å². The Kier molecular flexibility index (Phi) is 6.55. The molecule has 29 heavy (non-hydrogen) atoms. The molecular formula is C17H16F3N5O2S2. The topological polar surface area (TPSA) is 100 Å². The number of aliphatic carboxylic acids is 1. The third-order valence-electron chi connectivity index (χ3n) is 3.95. The molecule has 0 radical (unpaired) electrons. The lowest BCUT2D eigenvalue weighted by Gasteiger charge is -2.07. The predicted molar refractivity (Wildman–Crippen MR) is 105 cm³/mol. The molecule has 3 heterocycles. The van der Waals surface area contributed by atoms with Gasteiger partial charge in [0.2, 0.25) is 0 Å². The van der Waals surface area contributed by atoms with Gasteiger partial charge >= 0.3 is 12.1 Å². The number of rotatable bonds is 4. The van der Waals surface area contributed by atoms with Gasteiger partial charge in [-0.1, -0.05) is 30.0 Å². The number of nitrogens with zero attached hydrogens (tertiary/aromatic N) is 3. The summed E-state index contributed by atoms with van der Waals surface area (Å²) in [6.45, 7) is 2.70. The van der Waals surface area contributed by atoms with Crippen LogP contribution in [-0.4, -0.2) is 38.5 Å². The number of hydrogen-bond donors (Lipinski definition) is 3. The van der Waals surface area contributed by atoms with E-state index in [0.717, 1.165) is 40.1 Å². The van der Waals surface area contributed by atoms with Gasteiger partial charge < -0.3 is 15.7 Å². The van der Waals surface area contributed by atoms with Gasteiger partial charge in [0.05, 0.1) is 0 Å². The van der Waals surface area contributed by atoms with E-state index in [1.807, 2.05) is 6.26 Å². The summed E-state index contributed by atoms with van der Waals surface area (Å²) in [5.74, 6) is -1.89. The minimum Gasteiger partial charge on any atom is -0.475 e. The Bertz CT molecular complexity index is 1030. The minimum atomic E-state index is -5.08. The molecule has 154 valence electrons. The molecule has 3 aromatic rings. The molecule has 3 N–H and O–H groups in total. The Morgan fingerprint density at radius 2 is 2.03 bits per heavy atom. The van der Waals surface area contributed by atoms with E-state index in [2.05, 4.69) is 43.8 Å². The molecule has 0 unspecified atom stereocenters. The fourth-order valence-electron chi connectivity index (χ4n) is 2.59. The van der Waals surface area contributed by atoms with E-state index in [-0.39, 0.29) is 0 Å². The molecule has 0 spiro atoms. The molecule has 0 atom stereocenters. The molecule has 7 nitrogen and oxygen atoms in total. The fourth-order valence-corrected chi connectivity index (χ4v) is 4.07. The quantitative estimate of drug-likeness (QED) is 0.526. The molecular weight excluding hydrogens is 427 g/mol. The SMILES string of the molecule is CSc1nc2ncnc(NCc3ccc4c(c3)CNC4)c2s1.O=C(O)C(F)(F)F. The van der Waals surface area contributed by atoms with Crippen LogP contribution in [0.15, 0.2) is 28.9 Å². The molecule has 0 saturated heterocycles. The lowest BCUT2D eigenvalue weighted by molar-refractivity contribution is -0.192. The molecule has 0 aliphatic carbocycles. The highest BCUT2D eigenvalue weighted by Crippen LogP contribution is 2.31. The largest absolute Gasteiger partial charge is 0.490 e. The number of carbonyl (C=O) groups is 1. The second-order valence-electron chi connectivity index (χ2n) is 5.92. The summed E-state index contributed by atoms with van der Waals surface area (Å²) >= 11 is 3.27. The first-order valence-electron chi connectivity index (χ1n) is 8.29. The summed E-state index contributed by atoms with van der Waals surface area (Å²) in [4.78, 5) is 22.0. The van der Waals surface area contributed by atoms with Gasteiger partial charge in [0, 0.05) is 19.6 Å². The van der Waals surface area contributed by atoms with Gasteiger partial charge in [0.15, 0.2) is 9.99 Å². The molecule has 1 aliphatic heterocycles. The monoisotopic (exact) mass is 443 g/mol. The van der Waals surface area contributed by atoms with Crippen LogP contribution in [-0.2, 0) is 24.4 Å². The number of thioether (sulfide) groups is 1. The summed E-state index contributed by atoms with van der Waals surface area (Å²) in [6.07, 6.45) is -1.49. The number of carboxylic acid groups (broad SMARTS) is 1. The zero-order valence-corrected chi connectivity index (χ0v) is 16.7. The number of thiazole rings is 1. The van der Waals surface area contributed by atoms with Gasteiger partial charge in [-0.15, -0.1) is 11.3 Å². The van der Waals surface area contributed by atoms with Crippen LogP contribution in [0.4, 0.5) is 19.0 Å². The highest BCUT2D eigenvalue weighted by molar-refractivity contribution is 8.00. The van der Waals surface area contributed by atoms with Crippen molar-refractivity contribution in [3.63, 3.8) is 0 Å². The highest BCUT2D eigenvalue weighted by Gasteiger charge is 2.38. The Hall–Kier alpha value is -2.44. The maximum Gasteiger partial charge on any atom is 0.490 e. The minimum absolute atomic E-state index is 0.756. The van der Waals surface area contributed by atoms with Crippen LogP contribution in [0.5, 0.6) is 0 Å². The van der Waals surface area contributed by atoms with E-state index < -0.39 is 12.1 Å². The summed E-state index contributed by atoms with van der Waals surface area (Å²) in [7, 11) is 0. The number of aromatic nitrogens is 3. The van der Waals surface area contributed by atoms with Gasteiger partial charge in [-0.05, 0) is 22.9 Å². The van der Waals surface area contributed by atoms with E-state index in [1.54, 1.807) is 29.4 Å². The van der Waals surface area contributed by atoms with Crippen LogP contribution in [0.2, 0.25) is 0 Å². The molecule has 1 aromatic carbocycles. The van der Waals surface area contributed by atoms with Crippen LogP contribution >= 0.6 is 23.1 Å². The van der Waals surface area contributed by atoms with Gasteiger partial charge in [-0.25, -0.2) is 19.7 Å². The zero-order chi connectivity index (χ0) is 21.0. The highest BCUT2D eigenvalue weighted by atomic mass is 32.2. The van der Waals surface area contributed by atoms with Crippen LogP contribution in [0.3, 0.4) is 0 Å². The molecule has 0 saturated carbocycles. The number of carboxylic acids is 1. The predicted octanol–water partition coefficient (Wildman–Crippen LogP) is 3.66. The van der Waals surface area contributed by atoms with Crippen molar-refractivity contribution in [3.05, 3.63) is 41.2 Å². The van der Waals surface area contributed by atoms with Crippen LogP contribution in [0.1, 0.15) is 16.7 Å². The number of benzene rings is 1. The van der Waals surface area contributed by atoms with Gasteiger partial charge in [-0.3, -0.25) is 0 Å². The Morgan fingerprint density at radius 3 is 2.72 bits per heavy atom. The van der Waals surface area contributed by atoms with Crippen molar-refractivity contribution < 1.29 is 23.1 Å². The number of fused-ring (bicyclic) bond motifs is 2. The summed E-state index contributed by atoms with van der Waals surface area (Å²) in [5, 5.41) is 13.9. The fraction of sp³-hybridized carbons (Fsp3) is 0.294. The van der Waals surface area contributed by atoms with Gasteiger partial charge in [0.25, 0.3) is 0 Å². The molecule has 0 amide bonds. The second kappa shape index (κ2) is 8.93. The van der Waals surface area contributed by atoms with Gasteiger partial charge in [-0.2, -0.15) is 13.2 Å². The number of nitrogens with one attached hydrogen (secondary N) is 2. The molecule has 0 bridgehead atoms. The lowest BCUT2D eigenvalue weighted by atomic mass is 10.1. The van der Waals surface area contributed by atoms with E-state index >= 15 is 0 Å². The van der Waals surface area contributed by atoms with Crippen molar-refractivity contribution in [2.45, 2.75) is 30.2 Å². The van der Waals surface area contributed by atoms with Crippen molar-refractivity contribution in [1.82, 2.24) is 20.3 Å². The average Bonchev–Trinajstić information content (AvgIpc) is 3.32. The summed E-state index contributed by atoms with van der Waals surface area (Å²) in [6, 6.07) is 6.65. The second-order valence-corrected chi connectivity index (χ2v) is 7.97. The normalized spacial score (nSPS) is 13.0. The number of anilines is 1.